The molecule has 0 saturated heterocycles. The lowest BCUT2D eigenvalue weighted by atomic mass is 10.0. The van der Waals surface area contributed by atoms with Crippen molar-refractivity contribution in [1.82, 2.24) is 5.32 Å². The third-order valence-corrected chi connectivity index (χ3v) is 4.59. The van der Waals surface area contributed by atoms with Gasteiger partial charge in [-0.25, -0.2) is 0 Å². The van der Waals surface area contributed by atoms with E-state index in [0.29, 0.717) is 11.3 Å². The van der Waals surface area contributed by atoms with E-state index in [0.717, 1.165) is 23.6 Å². The predicted octanol–water partition coefficient (Wildman–Crippen LogP) is 3.35. The first kappa shape index (κ1) is 12.0. The highest BCUT2D eigenvalue weighted by Gasteiger charge is 2.53. The quantitative estimate of drug-likeness (QED) is 0.811. The summed E-state index contributed by atoms with van der Waals surface area (Å²) in [5.74, 6) is 1.37. The lowest BCUT2D eigenvalue weighted by Crippen LogP contribution is -2.31. The lowest BCUT2D eigenvalue weighted by molar-refractivity contribution is 0.0942. The Morgan fingerprint density at radius 3 is 2.78 bits per heavy atom. The van der Waals surface area contributed by atoms with Crippen molar-refractivity contribution < 1.29 is 4.79 Å². The molecule has 96 valence electrons. The van der Waals surface area contributed by atoms with Gasteiger partial charge in [-0.3, -0.25) is 4.79 Å². The first-order valence-corrected chi connectivity index (χ1v) is 7.20. The van der Waals surface area contributed by atoms with E-state index in [4.69, 9.17) is 11.6 Å². The average molecular weight is 264 g/mol. The molecule has 3 heteroatoms. The molecule has 0 spiro atoms. The summed E-state index contributed by atoms with van der Waals surface area (Å²) < 4.78 is 0. The molecule has 0 bridgehead atoms. The van der Waals surface area contributed by atoms with Crippen LogP contribution in [-0.2, 0) is 5.88 Å². The van der Waals surface area contributed by atoms with Crippen LogP contribution in [0.15, 0.2) is 24.3 Å². The molecule has 0 heterocycles. The summed E-state index contributed by atoms with van der Waals surface area (Å²) in [5, 5.41) is 3.09. The number of benzene rings is 1. The fourth-order valence-corrected chi connectivity index (χ4v) is 2.91. The normalized spacial score (nSPS) is 20.5. The summed E-state index contributed by atoms with van der Waals surface area (Å²) >= 11 is 5.78. The molecule has 0 radical (unpaired) electrons. The van der Waals surface area contributed by atoms with E-state index < -0.39 is 0 Å². The van der Waals surface area contributed by atoms with Gasteiger partial charge in [0.1, 0.15) is 0 Å². The molecule has 1 amide bonds. The molecular formula is C15H18ClNO. The Morgan fingerprint density at radius 2 is 2.17 bits per heavy atom. The van der Waals surface area contributed by atoms with E-state index in [1.807, 2.05) is 24.3 Å². The molecule has 2 aliphatic carbocycles. The van der Waals surface area contributed by atoms with Gasteiger partial charge in [-0.1, -0.05) is 12.1 Å². The van der Waals surface area contributed by atoms with Crippen molar-refractivity contribution in [1.29, 1.82) is 0 Å². The molecular weight excluding hydrogens is 246 g/mol. The van der Waals surface area contributed by atoms with Crippen molar-refractivity contribution in [2.75, 3.05) is 6.54 Å². The highest BCUT2D eigenvalue weighted by Crippen LogP contribution is 2.60. The van der Waals surface area contributed by atoms with Crippen molar-refractivity contribution in [3.63, 3.8) is 0 Å². The van der Waals surface area contributed by atoms with Crippen LogP contribution in [0.25, 0.3) is 0 Å². The zero-order chi connectivity index (χ0) is 12.6. The molecule has 0 aliphatic heterocycles. The van der Waals surface area contributed by atoms with Crippen LogP contribution in [0.5, 0.6) is 0 Å². The van der Waals surface area contributed by atoms with Crippen LogP contribution in [0.4, 0.5) is 0 Å². The topological polar surface area (TPSA) is 29.1 Å². The van der Waals surface area contributed by atoms with E-state index >= 15 is 0 Å². The molecule has 2 fully saturated rings. The van der Waals surface area contributed by atoms with E-state index in [2.05, 4.69) is 5.32 Å². The third kappa shape index (κ3) is 2.39. The zero-order valence-corrected chi connectivity index (χ0v) is 11.2. The minimum atomic E-state index is 0.0360. The Balaban J connectivity index is 1.60. The van der Waals surface area contributed by atoms with Gasteiger partial charge in [0, 0.05) is 18.0 Å². The second kappa shape index (κ2) is 4.58. The number of hydrogen-bond donors (Lipinski definition) is 1. The Hall–Kier alpha value is -1.02. The molecule has 2 aliphatic rings. The van der Waals surface area contributed by atoms with Gasteiger partial charge in [-0.15, -0.1) is 11.6 Å². The van der Waals surface area contributed by atoms with Crippen LogP contribution < -0.4 is 5.32 Å². The minimum Gasteiger partial charge on any atom is -0.351 e. The first-order valence-electron chi connectivity index (χ1n) is 6.67. The molecule has 1 N–H and O–H groups in total. The van der Waals surface area contributed by atoms with Crippen LogP contribution in [0.3, 0.4) is 0 Å². The molecule has 0 aromatic heterocycles. The zero-order valence-electron chi connectivity index (χ0n) is 10.4. The third-order valence-electron chi connectivity index (χ3n) is 4.28. The number of halogens is 1. The summed E-state index contributed by atoms with van der Waals surface area (Å²) in [6.07, 6.45) is 5.30. The van der Waals surface area contributed by atoms with Gasteiger partial charge in [-0.2, -0.15) is 0 Å². The van der Waals surface area contributed by atoms with Gasteiger partial charge in [0.15, 0.2) is 0 Å². The molecule has 1 aromatic carbocycles. The summed E-state index contributed by atoms with van der Waals surface area (Å²) in [7, 11) is 0. The Labute approximate surface area is 113 Å². The Kier molecular flexibility index (Phi) is 3.06. The van der Waals surface area contributed by atoms with Gasteiger partial charge in [0.05, 0.1) is 0 Å². The summed E-state index contributed by atoms with van der Waals surface area (Å²) in [4.78, 5) is 12.1. The van der Waals surface area contributed by atoms with Crippen LogP contribution in [-0.4, -0.2) is 12.5 Å². The maximum atomic E-state index is 12.1. The van der Waals surface area contributed by atoms with Gasteiger partial charge in [-0.05, 0) is 54.7 Å². The maximum Gasteiger partial charge on any atom is 0.251 e. The number of hydrogen-bond acceptors (Lipinski definition) is 1. The van der Waals surface area contributed by atoms with Crippen molar-refractivity contribution in [3.8, 4) is 0 Å². The average Bonchev–Trinajstić information content (AvgIpc) is 3.28. The monoisotopic (exact) mass is 263 g/mol. The van der Waals surface area contributed by atoms with Crippen molar-refractivity contribution >= 4 is 17.5 Å². The molecule has 0 atom stereocenters. The van der Waals surface area contributed by atoms with Crippen molar-refractivity contribution in [3.05, 3.63) is 35.4 Å². The largest absolute Gasteiger partial charge is 0.351 e. The van der Waals surface area contributed by atoms with Gasteiger partial charge in [0.2, 0.25) is 0 Å². The molecule has 1 aromatic rings. The van der Waals surface area contributed by atoms with Crippen molar-refractivity contribution in [2.24, 2.45) is 11.3 Å². The van der Waals surface area contributed by atoms with Gasteiger partial charge >= 0.3 is 0 Å². The summed E-state index contributed by atoms with van der Waals surface area (Å²) in [6.45, 7) is 0.849. The molecule has 18 heavy (non-hydrogen) atoms. The molecule has 0 unspecified atom stereocenters. The second-order valence-electron chi connectivity index (χ2n) is 5.65. The Bertz CT molecular complexity index is 463. The minimum absolute atomic E-state index is 0.0360. The number of amides is 1. The van der Waals surface area contributed by atoms with E-state index in [9.17, 15) is 4.79 Å². The standard InChI is InChI=1S/C15H18ClNO/c16-9-11-2-1-3-12(8-11)14(18)17-10-15(6-7-15)13-4-5-13/h1-3,8,13H,4-7,9-10H2,(H,17,18). The molecule has 3 rings (SSSR count). The van der Waals surface area contributed by atoms with E-state index in [-0.39, 0.29) is 5.91 Å². The van der Waals surface area contributed by atoms with Crippen LogP contribution in [0.2, 0.25) is 0 Å². The molecule has 2 nitrogen and oxygen atoms in total. The number of carbonyl (C=O) groups is 1. The second-order valence-corrected chi connectivity index (χ2v) is 5.92. The fourth-order valence-electron chi connectivity index (χ4n) is 2.74. The summed E-state index contributed by atoms with van der Waals surface area (Å²) in [5.41, 5.74) is 2.17. The fraction of sp³-hybridized carbons (Fsp3) is 0.533. The highest BCUT2D eigenvalue weighted by molar-refractivity contribution is 6.17. The van der Waals surface area contributed by atoms with Crippen LogP contribution >= 0.6 is 11.6 Å². The first-order chi connectivity index (χ1) is 8.73. The lowest BCUT2D eigenvalue weighted by Gasteiger charge is -2.15. The van der Waals surface area contributed by atoms with Crippen LogP contribution in [0.1, 0.15) is 41.6 Å². The Morgan fingerprint density at radius 1 is 1.39 bits per heavy atom. The van der Waals surface area contributed by atoms with E-state index in [1.54, 1.807) is 0 Å². The van der Waals surface area contributed by atoms with Crippen molar-refractivity contribution in [2.45, 2.75) is 31.6 Å². The van der Waals surface area contributed by atoms with Gasteiger partial charge < -0.3 is 5.32 Å². The maximum absolute atomic E-state index is 12.1. The van der Waals surface area contributed by atoms with Crippen LogP contribution in [0, 0.1) is 11.3 Å². The summed E-state index contributed by atoms with van der Waals surface area (Å²) in [6, 6.07) is 7.55. The van der Waals surface area contributed by atoms with Gasteiger partial charge in [0.25, 0.3) is 5.91 Å². The smallest absolute Gasteiger partial charge is 0.251 e. The van der Waals surface area contributed by atoms with E-state index in [1.165, 1.54) is 25.7 Å². The number of nitrogens with one attached hydrogen (secondary N) is 1. The molecule has 2 saturated carbocycles. The number of carbonyl (C=O) groups excluding carboxylic acids is 1. The predicted molar refractivity (Wildman–Crippen MR) is 72.7 cm³/mol. The number of alkyl halides is 1. The SMILES string of the molecule is O=C(NCC1(C2CC2)CC1)c1cccc(CCl)c1. The number of rotatable bonds is 5. The highest BCUT2D eigenvalue weighted by atomic mass is 35.5.